The Labute approximate surface area is 235 Å². The van der Waals surface area contributed by atoms with Gasteiger partial charge in [0.05, 0.1) is 35.1 Å². The highest BCUT2D eigenvalue weighted by atomic mass is 19.1. The first-order chi connectivity index (χ1) is 19.7. The predicted molar refractivity (Wildman–Crippen MR) is 146 cm³/mol. The summed E-state index contributed by atoms with van der Waals surface area (Å²) in [5.74, 6) is -1.26. The molecule has 0 bridgehead atoms. The lowest BCUT2D eigenvalue weighted by molar-refractivity contribution is -0.172. The molecule has 2 aliphatic heterocycles. The van der Waals surface area contributed by atoms with Gasteiger partial charge in [-0.3, -0.25) is 9.59 Å². The summed E-state index contributed by atoms with van der Waals surface area (Å²) in [6, 6.07) is 2.67. The maximum absolute atomic E-state index is 15.1. The molecule has 41 heavy (non-hydrogen) atoms. The third-order valence-corrected chi connectivity index (χ3v) is 9.66. The fraction of sp³-hybridized carbons (Fsp3) is 0.484. The van der Waals surface area contributed by atoms with Crippen molar-refractivity contribution in [2.45, 2.75) is 77.2 Å². The number of nitrogens with one attached hydrogen (secondary N) is 1. The summed E-state index contributed by atoms with van der Waals surface area (Å²) in [5, 5.41) is 24.9. The number of halogens is 1. The lowest BCUT2D eigenvalue weighted by Gasteiger charge is -2.31. The van der Waals surface area contributed by atoms with Gasteiger partial charge in [0.1, 0.15) is 12.4 Å². The molecule has 2 aliphatic carbocycles. The van der Waals surface area contributed by atoms with E-state index in [1.54, 1.807) is 24.5 Å². The van der Waals surface area contributed by atoms with E-state index in [1.165, 1.54) is 6.07 Å². The van der Waals surface area contributed by atoms with E-state index in [-0.39, 0.29) is 72.5 Å². The van der Waals surface area contributed by atoms with E-state index >= 15 is 4.39 Å². The maximum atomic E-state index is 15.1. The van der Waals surface area contributed by atoms with E-state index in [0.29, 0.717) is 41.7 Å². The van der Waals surface area contributed by atoms with Gasteiger partial charge >= 0.3 is 5.97 Å². The predicted octanol–water partition coefficient (Wildman–Crippen LogP) is 3.04. The van der Waals surface area contributed by atoms with Gasteiger partial charge in [-0.05, 0) is 74.1 Å². The number of aliphatic hydroxyl groups is 2. The summed E-state index contributed by atoms with van der Waals surface area (Å²) in [5.41, 5.74) is 2.49. The number of aryl methyl sites for hydroxylation is 1. The van der Waals surface area contributed by atoms with Gasteiger partial charge in [-0.1, -0.05) is 6.92 Å². The number of fused-ring (bicyclic) bond motifs is 5. The van der Waals surface area contributed by atoms with Gasteiger partial charge in [0.15, 0.2) is 5.60 Å². The maximum Gasteiger partial charge on any atom is 0.343 e. The Morgan fingerprint density at radius 1 is 1.24 bits per heavy atom. The number of hydrogen-bond acceptors (Lipinski definition) is 7. The highest BCUT2D eigenvalue weighted by Gasteiger charge is 2.46. The fourth-order valence-electron chi connectivity index (χ4n) is 7.20. The number of cyclic esters (lactones) is 1. The Hall–Kier alpha value is -3.63. The van der Waals surface area contributed by atoms with Gasteiger partial charge < -0.3 is 24.8 Å². The summed E-state index contributed by atoms with van der Waals surface area (Å²) in [6.07, 6.45) is 3.50. The van der Waals surface area contributed by atoms with Crippen molar-refractivity contribution in [2.75, 3.05) is 6.61 Å². The molecule has 9 nitrogen and oxygen atoms in total. The number of aliphatic hydroxyl groups excluding tert-OH is 1. The lowest BCUT2D eigenvalue weighted by atomic mass is 9.81. The van der Waals surface area contributed by atoms with Crippen molar-refractivity contribution in [3.63, 3.8) is 0 Å². The topological polar surface area (TPSA) is 131 Å². The van der Waals surface area contributed by atoms with Crippen LogP contribution >= 0.6 is 0 Å². The number of ether oxygens (including phenoxy) is 1. The normalized spacial score (nSPS) is 23.0. The number of carbonyl (C=O) groups is 2. The van der Waals surface area contributed by atoms with Crippen molar-refractivity contribution < 1.29 is 28.9 Å². The van der Waals surface area contributed by atoms with Crippen LogP contribution in [0.2, 0.25) is 0 Å². The van der Waals surface area contributed by atoms with Gasteiger partial charge in [0.2, 0.25) is 5.91 Å². The molecule has 0 spiro atoms. The zero-order valence-corrected chi connectivity index (χ0v) is 23.1. The van der Waals surface area contributed by atoms with E-state index in [9.17, 15) is 24.6 Å². The third-order valence-electron chi connectivity index (χ3n) is 9.66. The Kier molecular flexibility index (Phi) is 5.89. The van der Waals surface area contributed by atoms with Crippen LogP contribution in [0.4, 0.5) is 4.39 Å². The molecule has 1 unspecified atom stereocenters. The number of nitrogens with zero attached hydrogens (tertiary/aromatic N) is 2. The number of rotatable bonds is 6. The highest BCUT2D eigenvalue weighted by Crippen LogP contribution is 2.46. The van der Waals surface area contributed by atoms with E-state index in [4.69, 9.17) is 9.72 Å². The van der Waals surface area contributed by atoms with Crippen LogP contribution in [0.25, 0.3) is 22.3 Å². The van der Waals surface area contributed by atoms with Gasteiger partial charge in [-0.2, -0.15) is 0 Å². The first kappa shape index (κ1) is 26.3. The number of aromatic nitrogens is 2. The molecule has 3 atom stereocenters. The summed E-state index contributed by atoms with van der Waals surface area (Å²) in [4.78, 5) is 44.7. The number of amides is 1. The zero-order chi connectivity index (χ0) is 28.8. The molecule has 3 N–H and O–H groups in total. The van der Waals surface area contributed by atoms with Crippen LogP contribution < -0.4 is 10.9 Å². The Morgan fingerprint density at radius 2 is 2.02 bits per heavy atom. The largest absolute Gasteiger partial charge is 0.458 e. The molecule has 7 rings (SSSR count). The molecule has 1 saturated carbocycles. The number of benzene rings is 1. The summed E-state index contributed by atoms with van der Waals surface area (Å²) in [7, 11) is 0. The van der Waals surface area contributed by atoms with Crippen LogP contribution in [-0.4, -0.2) is 38.2 Å². The Bertz CT molecular complexity index is 1730. The van der Waals surface area contributed by atoms with E-state index in [1.807, 2.05) is 0 Å². The highest BCUT2D eigenvalue weighted by molar-refractivity contribution is 5.94. The minimum atomic E-state index is -1.95. The summed E-state index contributed by atoms with van der Waals surface area (Å²) >= 11 is 0. The second-order valence-corrected chi connectivity index (χ2v) is 11.9. The van der Waals surface area contributed by atoms with E-state index in [0.717, 1.165) is 34.9 Å². The van der Waals surface area contributed by atoms with Crippen molar-refractivity contribution in [3.8, 4) is 11.4 Å². The first-order valence-electron chi connectivity index (χ1n) is 14.4. The van der Waals surface area contributed by atoms with Gasteiger partial charge in [0.25, 0.3) is 5.56 Å². The molecule has 214 valence electrons. The Morgan fingerprint density at radius 3 is 2.73 bits per heavy atom. The molecule has 2 aromatic heterocycles. The van der Waals surface area contributed by atoms with Crippen molar-refractivity contribution >= 4 is 22.8 Å². The lowest BCUT2D eigenvalue weighted by Crippen LogP contribution is -2.44. The molecule has 0 saturated heterocycles. The molecule has 4 heterocycles. The van der Waals surface area contributed by atoms with Crippen LogP contribution in [0, 0.1) is 24.6 Å². The summed E-state index contributed by atoms with van der Waals surface area (Å²) < 4.78 is 21.9. The summed E-state index contributed by atoms with van der Waals surface area (Å²) in [6.45, 7) is 3.30. The van der Waals surface area contributed by atoms with Crippen molar-refractivity contribution in [1.82, 2.24) is 14.9 Å². The second kappa shape index (κ2) is 9.19. The molecule has 3 aromatic rings. The molecule has 0 radical (unpaired) electrons. The zero-order valence-electron chi connectivity index (χ0n) is 23.1. The first-order valence-corrected chi connectivity index (χ1v) is 14.4. The van der Waals surface area contributed by atoms with Crippen LogP contribution in [0.5, 0.6) is 0 Å². The average Bonchev–Trinajstić information content (AvgIpc) is 3.73. The molecule has 4 aliphatic rings. The molecular formula is C31H32FN3O6. The quantitative estimate of drug-likeness (QED) is 0.309. The molecule has 1 amide bonds. The SMILES string of the molecule is CC[C@@]1(O)C(=O)OCc2c1cc1n(c2=O)Cc2c-1nc1cc(F)c(C)c3c1c2[C@@H](NC(=O)C(CCO)C1CC1)CC3. The molecule has 1 fully saturated rings. The van der Waals surface area contributed by atoms with Crippen molar-refractivity contribution in [3.05, 3.63) is 61.7 Å². The minimum Gasteiger partial charge on any atom is -0.458 e. The second-order valence-electron chi connectivity index (χ2n) is 11.9. The number of pyridine rings is 2. The molecule has 1 aromatic carbocycles. The third kappa shape index (κ3) is 3.73. The van der Waals surface area contributed by atoms with Crippen molar-refractivity contribution in [1.29, 1.82) is 0 Å². The van der Waals surface area contributed by atoms with Crippen LogP contribution in [-0.2, 0) is 39.5 Å². The van der Waals surface area contributed by atoms with Crippen LogP contribution in [0.1, 0.15) is 78.5 Å². The monoisotopic (exact) mass is 561 g/mol. The standard InChI is InChI=1S/C31H32FN3O6/c1-3-31(40)20-10-24-27-18(12-35(24)29(38)19(20)13-41-30(31)39)26-22(34-28(37)17(8-9-36)15-4-5-15)7-6-16-14(2)21(32)11-23(33-27)25(16)26/h10-11,15,17,22,36,40H,3-9,12-13H2,1-2H3,(H,34,37)/t17?,22-,31-/m0/s1. The van der Waals surface area contributed by atoms with Gasteiger partial charge in [0, 0.05) is 35.1 Å². The number of carbonyl (C=O) groups excluding carboxylic acids is 2. The number of esters is 1. The Balaban J connectivity index is 1.43. The van der Waals surface area contributed by atoms with Gasteiger partial charge in [-0.15, -0.1) is 0 Å². The van der Waals surface area contributed by atoms with Crippen LogP contribution in [0.3, 0.4) is 0 Å². The van der Waals surface area contributed by atoms with E-state index in [2.05, 4.69) is 5.32 Å². The van der Waals surface area contributed by atoms with Gasteiger partial charge in [-0.25, -0.2) is 14.2 Å². The smallest absolute Gasteiger partial charge is 0.343 e. The number of hydrogen-bond donors (Lipinski definition) is 3. The van der Waals surface area contributed by atoms with Crippen molar-refractivity contribution in [2.24, 2.45) is 11.8 Å². The fourth-order valence-corrected chi connectivity index (χ4v) is 7.20. The minimum absolute atomic E-state index is 0.0307. The van der Waals surface area contributed by atoms with E-state index < -0.39 is 11.6 Å². The molecule has 10 heteroatoms. The molecular weight excluding hydrogens is 529 g/mol. The average molecular weight is 562 g/mol. The van der Waals surface area contributed by atoms with Crippen LogP contribution in [0.15, 0.2) is 16.9 Å².